The highest BCUT2D eigenvalue weighted by Crippen LogP contribution is 2.20. The summed E-state index contributed by atoms with van der Waals surface area (Å²) in [6.45, 7) is 5.61. The van der Waals surface area contributed by atoms with Gasteiger partial charge in [0.05, 0.1) is 5.56 Å². The van der Waals surface area contributed by atoms with Gasteiger partial charge in [-0.25, -0.2) is 0 Å². The molecule has 2 rings (SSSR count). The van der Waals surface area contributed by atoms with Crippen molar-refractivity contribution in [2.75, 3.05) is 19.6 Å². The lowest BCUT2D eigenvalue weighted by atomic mass is 10.0. The van der Waals surface area contributed by atoms with Crippen molar-refractivity contribution >= 4 is 44.4 Å². The third-order valence-electron chi connectivity index (χ3n) is 3.92. The van der Waals surface area contributed by atoms with E-state index < -0.39 is 0 Å². The van der Waals surface area contributed by atoms with E-state index in [1.54, 1.807) is 0 Å². The van der Waals surface area contributed by atoms with Crippen molar-refractivity contribution in [1.82, 2.24) is 10.2 Å². The van der Waals surface area contributed by atoms with Crippen LogP contribution in [0.15, 0.2) is 22.7 Å². The van der Waals surface area contributed by atoms with Crippen molar-refractivity contribution in [1.29, 1.82) is 0 Å². The number of carbonyl (C=O) groups is 1. The van der Waals surface area contributed by atoms with E-state index in [-0.39, 0.29) is 5.91 Å². The van der Waals surface area contributed by atoms with Crippen LogP contribution in [0.3, 0.4) is 0 Å². The van der Waals surface area contributed by atoms with Gasteiger partial charge in [-0.3, -0.25) is 4.79 Å². The van der Waals surface area contributed by atoms with Gasteiger partial charge in [0.15, 0.2) is 0 Å². The summed E-state index contributed by atoms with van der Waals surface area (Å²) in [6.07, 6.45) is 4.62. The predicted octanol–water partition coefficient (Wildman–Crippen LogP) is 4.05. The first-order chi connectivity index (χ1) is 10.1. The standard InChI is InChI=1S/C16H22BrIN2O/c1-2-3-8-20-9-6-13(7-10-20)19-16(21)14-11-12(18)4-5-15(14)17/h4-5,11,13H,2-3,6-10H2,1H3,(H,19,21). The summed E-state index contributed by atoms with van der Waals surface area (Å²) in [7, 11) is 0. The van der Waals surface area contributed by atoms with Gasteiger partial charge >= 0.3 is 0 Å². The molecule has 1 fully saturated rings. The second-order valence-corrected chi connectivity index (χ2v) is 7.67. The Kier molecular flexibility index (Phi) is 6.95. The molecule has 1 amide bonds. The maximum Gasteiger partial charge on any atom is 0.252 e. The van der Waals surface area contributed by atoms with Gasteiger partial charge in [-0.1, -0.05) is 13.3 Å². The lowest BCUT2D eigenvalue weighted by molar-refractivity contribution is 0.0910. The molecule has 1 heterocycles. The molecular weight excluding hydrogens is 443 g/mol. The zero-order valence-corrected chi connectivity index (χ0v) is 16.1. The maximum atomic E-state index is 12.4. The van der Waals surface area contributed by atoms with E-state index in [1.807, 2.05) is 18.2 Å². The summed E-state index contributed by atoms with van der Waals surface area (Å²) in [5.74, 6) is 0.0346. The van der Waals surface area contributed by atoms with E-state index in [4.69, 9.17) is 0 Å². The van der Waals surface area contributed by atoms with Crippen molar-refractivity contribution in [2.45, 2.75) is 38.6 Å². The first kappa shape index (κ1) is 17.2. The van der Waals surface area contributed by atoms with E-state index in [9.17, 15) is 4.79 Å². The molecule has 1 aliphatic heterocycles. The van der Waals surface area contributed by atoms with Gasteiger partial charge in [0, 0.05) is 27.2 Å². The Balaban J connectivity index is 1.85. The number of carbonyl (C=O) groups excluding carboxylic acids is 1. The van der Waals surface area contributed by atoms with Crippen molar-refractivity contribution in [3.63, 3.8) is 0 Å². The predicted molar refractivity (Wildman–Crippen MR) is 98.7 cm³/mol. The number of unbranched alkanes of at least 4 members (excludes halogenated alkanes) is 1. The Bertz CT molecular complexity index is 487. The monoisotopic (exact) mass is 464 g/mol. The van der Waals surface area contributed by atoms with Crippen LogP contribution in [0.2, 0.25) is 0 Å². The molecule has 1 N–H and O–H groups in total. The Hall–Kier alpha value is -0.140. The number of benzene rings is 1. The lowest BCUT2D eigenvalue weighted by Gasteiger charge is -2.32. The third-order valence-corrected chi connectivity index (χ3v) is 5.29. The van der Waals surface area contributed by atoms with Crippen molar-refractivity contribution in [3.8, 4) is 0 Å². The van der Waals surface area contributed by atoms with E-state index in [1.165, 1.54) is 19.4 Å². The smallest absolute Gasteiger partial charge is 0.252 e. The number of halogens is 2. The van der Waals surface area contributed by atoms with Crippen LogP contribution >= 0.6 is 38.5 Å². The van der Waals surface area contributed by atoms with Crippen LogP contribution in [-0.4, -0.2) is 36.5 Å². The van der Waals surface area contributed by atoms with Gasteiger partial charge in [0.1, 0.15) is 0 Å². The fraction of sp³-hybridized carbons (Fsp3) is 0.562. The highest BCUT2D eigenvalue weighted by molar-refractivity contribution is 14.1. The average Bonchev–Trinajstić information content (AvgIpc) is 2.49. The number of nitrogens with one attached hydrogen (secondary N) is 1. The highest BCUT2D eigenvalue weighted by atomic mass is 127. The molecular formula is C16H22BrIN2O. The van der Waals surface area contributed by atoms with Gasteiger partial charge < -0.3 is 10.2 Å². The number of amides is 1. The number of likely N-dealkylation sites (tertiary alicyclic amines) is 1. The maximum absolute atomic E-state index is 12.4. The first-order valence-corrected chi connectivity index (χ1v) is 9.45. The molecule has 21 heavy (non-hydrogen) atoms. The molecule has 5 heteroatoms. The Labute approximate surface area is 149 Å². The SMILES string of the molecule is CCCCN1CCC(NC(=O)c2cc(I)ccc2Br)CC1. The zero-order chi connectivity index (χ0) is 15.2. The minimum atomic E-state index is 0.0346. The van der Waals surface area contributed by atoms with Crippen LogP contribution in [0, 0.1) is 3.57 Å². The number of hydrogen-bond acceptors (Lipinski definition) is 2. The normalized spacial score (nSPS) is 16.9. The molecule has 116 valence electrons. The number of rotatable bonds is 5. The van der Waals surface area contributed by atoms with E-state index >= 15 is 0 Å². The molecule has 0 aliphatic carbocycles. The van der Waals surface area contributed by atoms with Gasteiger partial charge in [-0.2, -0.15) is 0 Å². The molecule has 3 nitrogen and oxygen atoms in total. The first-order valence-electron chi connectivity index (χ1n) is 7.58. The highest BCUT2D eigenvalue weighted by Gasteiger charge is 2.21. The third kappa shape index (κ3) is 5.21. The van der Waals surface area contributed by atoms with Gasteiger partial charge in [0.2, 0.25) is 0 Å². The summed E-state index contributed by atoms with van der Waals surface area (Å²) in [5.41, 5.74) is 0.732. The molecule has 0 unspecified atom stereocenters. The molecule has 1 saturated heterocycles. The van der Waals surface area contributed by atoms with E-state index in [0.717, 1.165) is 39.5 Å². The number of hydrogen-bond donors (Lipinski definition) is 1. The van der Waals surface area contributed by atoms with Crippen LogP contribution in [0.5, 0.6) is 0 Å². The quantitative estimate of drug-likeness (QED) is 0.666. The van der Waals surface area contributed by atoms with Crippen LogP contribution < -0.4 is 5.32 Å². The molecule has 0 atom stereocenters. The molecule has 1 aromatic carbocycles. The molecule has 1 aliphatic rings. The fourth-order valence-electron chi connectivity index (χ4n) is 2.62. The summed E-state index contributed by atoms with van der Waals surface area (Å²) < 4.78 is 1.94. The topological polar surface area (TPSA) is 32.3 Å². The minimum Gasteiger partial charge on any atom is -0.349 e. The zero-order valence-electron chi connectivity index (χ0n) is 12.4. The lowest BCUT2D eigenvalue weighted by Crippen LogP contribution is -2.44. The summed E-state index contributed by atoms with van der Waals surface area (Å²) in [6, 6.07) is 6.16. The second kappa shape index (κ2) is 8.48. The summed E-state index contributed by atoms with van der Waals surface area (Å²) >= 11 is 5.70. The van der Waals surface area contributed by atoms with Crippen LogP contribution in [0.4, 0.5) is 0 Å². The number of nitrogens with zero attached hydrogens (tertiary/aromatic N) is 1. The van der Waals surface area contributed by atoms with Crippen molar-refractivity contribution in [2.24, 2.45) is 0 Å². The van der Waals surface area contributed by atoms with Crippen molar-refractivity contribution < 1.29 is 4.79 Å². The van der Waals surface area contributed by atoms with Gasteiger partial charge in [-0.15, -0.1) is 0 Å². The van der Waals surface area contributed by atoms with Crippen molar-refractivity contribution in [3.05, 3.63) is 31.8 Å². The molecule has 1 aromatic rings. The van der Waals surface area contributed by atoms with Gasteiger partial charge in [0.25, 0.3) is 5.91 Å². The molecule has 0 aromatic heterocycles. The Morgan fingerprint density at radius 3 is 2.81 bits per heavy atom. The Morgan fingerprint density at radius 2 is 2.14 bits per heavy atom. The van der Waals surface area contributed by atoms with Crippen LogP contribution in [0.25, 0.3) is 0 Å². The van der Waals surface area contributed by atoms with Gasteiger partial charge in [-0.05, 0) is 82.5 Å². The largest absolute Gasteiger partial charge is 0.349 e. The summed E-state index contributed by atoms with van der Waals surface area (Å²) in [5, 5.41) is 3.18. The van der Waals surface area contributed by atoms with Crippen LogP contribution in [0.1, 0.15) is 43.0 Å². The molecule has 0 saturated carbocycles. The minimum absolute atomic E-state index is 0.0346. The molecule has 0 radical (unpaired) electrons. The second-order valence-electron chi connectivity index (χ2n) is 5.57. The molecule has 0 spiro atoms. The fourth-order valence-corrected chi connectivity index (χ4v) is 3.54. The van der Waals surface area contributed by atoms with E-state index in [2.05, 4.69) is 55.7 Å². The Morgan fingerprint density at radius 1 is 1.43 bits per heavy atom. The summed E-state index contributed by atoms with van der Waals surface area (Å²) in [4.78, 5) is 14.9. The average molecular weight is 465 g/mol. The van der Waals surface area contributed by atoms with Crippen LogP contribution in [-0.2, 0) is 0 Å². The number of piperidine rings is 1. The van der Waals surface area contributed by atoms with E-state index in [0.29, 0.717) is 6.04 Å². The molecule has 0 bridgehead atoms.